The monoisotopic (exact) mass is 345 g/mol. The molecule has 2 aromatic rings. The summed E-state index contributed by atoms with van der Waals surface area (Å²) in [4.78, 5) is 4.07. The van der Waals surface area contributed by atoms with Gasteiger partial charge in [-0.25, -0.2) is 4.98 Å². The van der Waals surface area contributed by atoms with Crippen LogP contribution < -0.4 is 0 Å². The first-order chi connectivity index (χ1) is 7.66. The maximum Gasteiger partial charge on any atom is 0.147 e. The molecule has 2 nitrogen and oxygen atoms in total. The highest BCUT2D eigenvalue weighted by Gasteiger charge is 2.08. The van der Waals surface area contributed by atoms with E-state index in [0.717, 1.165) is 11.1 Å². The lowest BCUT2D eigenvalue weighted by Gasteiger charge is -2.05. The average Bonchev–Trinajstić information content (AvgIpc) is 2.27. The van der Waals surface area contributed by atoms with Gasteiger partial charge in [-0.3, -0.25) is 0 Å². The van der Waals surface area contributed by atoms with Crippen molar-refractivity contribution in [2.24, 2.45) is 0 Å². The summed E-state index contributed by atoms with van der Waals surface area (Å²) in [5.41, 5.74) is 1.98. The highest BCUT2D eigenvalue weighted by Crippen LogP contribution is 2.25. The molecule has 16 heavy (non-hydrogen) atoms. The summed E-state index contributed by atoms with van der Waals surface area (Å²) in [5, 5.41) is 10.0. The second-order valence-corrected chi connectivity index (χ2v) is 4.79. The molecule has 0 radical (unpaired) electrons. The molecule has 0 spiro atoms. The largest absolute Gasteiger partial charge is 0.505 e. The van der Waals surface area contributed by atoms with E-state index in [4.69, 9.17) is 11.6 Å². The molecule has 0 aliphatic rings. The maximum absolute atomic E-state index is 9.57. The van der Waals surface area contributed by atoms with Gasteiger partial charge in [-0.1, -0.05) is 41.9 Å². The molecular weight excluding hydrogens is 336 g/mol. The van der Waals surface area contributed by atoms with E-state index in [9.17, 15) is 5.11 Å². The van der Waals surface area contributed by atoms with Crippen LogP contribution in [0.3, 0.4) is 0 Å². The van der Waals surface area contributed by atoms with Crippen LogP contribution in [0.15, 0.2) is 36.4 Å². The molecule has 1 heterocycles. The van der Waals surface area contributed by atoms with Crippen LogP contribution in [0.4, 0.5) is 0 Å². The van der Waals surface area contributed by atoms with Gasteiger partial charge in [-0.2, -0.15) is 0 Å². The summed E-state index contributed by atoms with van der Waals surface area (Å²) < 4.78 is 0.527. The van der Waals surface area contributed by atoms with Crippen molar-refractivity contribution in [3.05, 3.63) is 56.4 Å². The van der Waals surface area contributed by atoms with Crippen LogP contribution >= 0.6 is 34.2 Å². The smallest absolute Gasteiger partial charge is 0.147 e. The molecule has 0 saturated heterocycles. The number of aromatic hydroxyl groups is 1. The average molecular weight is 346 g/mol. The van der Waals surface area contributed by atoms with Gasteiger partial charge in [0.15, 0.2) is 0 Å². The van der Waals surface area contributed by atoms with Crippen molar-refractivity contribution in [1.82, 2.24) is 4.98 Å². The van der Waals surface area contributed by atoms with E-state index in [2.05, 4.69) is 4.98 Å². The van der Waals surface area contributed by atoms with Gasteiger partial charge < -0.3 is 5.11 Å². The van der Waals surface area contributed by atoms with Crippen molar-refractivity contribution in [2.75, 3.05) is 0 Å². The molecule has 1 aromatic carbocycles. The fourth-order valence-electron chi connectivity index (χ4n) is 1.44. The summed E-state index contributed by atoms with van der Waals surface area (Å²) in [6.07, 6.45) is 0.678. The zero-order valence-electron chi connectivity index (χ0n) is 8.32. The Morgan fingerprint density at radius 3 is 2.62 bits per heavy atom. The van der Waals surface area contributed by atoms with Crippen molar-refractivity contribution in [2.45, 2.75) is 6.42 Å². The lowest BCUT2D eigenvalue weighted by Crippen LogP contribution is -1.93. The van der Waals surface area contributed by atoms with Crippen LogP contribution in [-0.2, 0) is 6.42 Å². The lowest BCUT2D eigenvalue weighted by atomic mass is 10.1. The molecule has 0 saturated carbocycles. The minimum atomic E-state index is 0.177. The fraction of sp³-hybridized carbons (Fsp3) is 0.0833. The van der Waals surface area contributed by atoms with Crippen LogP contribution in [0, 0.1) is 3.70 Å². The summed E-state index contributed by atoms with van der Waals surface area (Å²) in [7, 11) is 0. The third-order valence-corrected chi connectivity index (χ3v) is 3.34. The molecule has 0 atom stereocenters. The standard InChI is InChI=1S/C12H9ClINO/c13-11-9(7-10(16)12(14)15-11)6-8-4-2-1-3-5-8/h1-5,7,16H,6H2. The van der Waals surface area contributed by atoms with Crippen LogP contribution in [0.2, 0.25) is 5.15 Å². The van der Waals surface area contributed by atoms with Gasteiger partial charge in [0.1, 0.15) is 14.6 Å². The number of aromatic nitrogens is 1. The van der Waals surface area contributed by atoms with Crippen molar-refractivity contribution < 1.29 is 5.11 Å². The Balaban J connectivity index is 2.32. The van der Waals surface area contributed by atoms with Crippen LogP contribution in [0.1, 0.15) is 11.1 Å². The van der Waals surface area contributed by atoms with Gasteiger partial charge in [0.2, 0.25) is 0 Å². The summed E-state index contributed by atoms with van der Waals surface area (Å²) in [5.74, 6) is 0.177. The molecule has 82 valence electrons. The van der Waals surface area contributed by atoms with Crippen molar-refractivity contribution in [1.29, 1.82) is 0 Å². The van der Waals surface area contributed by atoms with E-state index in [1.807, 2.05) is 52.9 Å². The first kappa shape index (κ1) is 11.7. The third kappa shape index (κ3) is 2.65. The highest BCUT2D eigenvalue weighted by molar-refractivity contribution is 14.1. The molecule has 1 aromatic heterocycles. The van der Waals surface area contributed by atoms with E-state index in [1.165, 1.54) is 0 Å². The summed E-state index contributed by atoms with van der Waals surface area (Å²) >= 11 is 7.98. The van der Waals surface area contributed by atoms with Crippen LogP contribution in [0.5, 0.6) is 5.75 Å². The Bertz CT molecular complexity index is 502. The van der Waals surface area contributed by atoms with Crippen molar-refractivity contribution in [3.8, 4) is 5.75 Å². The predicted octanol–water partition coefficient (Wildman–Crippen LogP) is 3.64. The molecule has 0 unspecified atom stereocenters. The van der Waals surface area contributed by atoms with Crippen molar-refractivity contribution >= 4 is 34.2 Å². The number of nitrogens with zero attached hydrogens (tertiary/aromatic N) is 1. The quantitative estimate of drug-likeness (QED) is 0.666. The molecule has 0 aliphatic heterocycles. The molecule has 4 heteroatoms. The molecule has 0 fully saturated rings. The molecule has 0 bridgehead atoms. The van der Waals surface area contributed by atoms with E-state index in [0.29, 0.717) is 15.3 Å². The molecule has 2 rings (SSSR count). The molecule has 0 amide bonds. The first-order valence-electron chi connectivity index (χ1n) is 4.74. The molecular formula is C12H9ClINO. The minimum absolute atomic E-state index is 0.177. The van der Waals surface area contributed by atoms with Gasteiger partial charge in [0.25, 0.3) is 0 Å². The number of pyridine rings is 1. The number of hydrogen-bond acceptors (Lipinski definition) is 2. The third-order valence-electron chi connectivity index (χ3n) is 2.22. The Labute approximate surface area is 112 Å². The summed E-state index contributed by atoms with van der Waals surface area (Å²) in [6.45, 7) is 0. The normalized spacial score (nSPS) is 10.4. The maximum atomic E-state index is 9.57. The lowest BCUT2D eigenvalue weighted by molar-refractivity contribution is 0.467. The Kier molecular flexibility index (Phi) is 3.66. The zero-order valence-corrected chi connectivity index (χ0v) is 11.2. The zero-order chi connectivity index (χ0) is 11.5. The van der Waals surface area contributed by atoms with Crippen molar-refractivity contribution in [3.63, 3.8) is 0 Å². The van der Waals surface area contributed by atoms with Gasteiger partial charge in [-0.05, 0) is 39.8 Å². The van der Waals surface area contributed by atoms with E-state index < -0.39 is 0 Å². The van der Waals surface area contributed by atoms with Gasteiger partial charge >= 0.3 is 0 Å². The second-order valence-electron chi connectivity index (χ2n) is 3.41. The van der Waals surface area contributed by atoms with Gasteiger partial charge in [0.05, 0.1) is 0 Å². The minimum Gasteiger partial charge on any atom is -0.505 e. The topological polar surface area (TPSA) is 33.1 Å². The van der Waals surface area contributed by atoms with Crippen LogP contribution in [0.25, 0.3) is 0 Å². The second kappa shape index (κ2) is 5.01. The Morgan fingerprint density at radius 2 is 1.94 bits per heavy atom. The van der Waals surface area contributed by atoms with E-state index in [-0.39, 0.29) is 5.75 Å². The fourth-order valence-corrected chi connectivity index (χ4v) is 2.18. The Hall–Kier alpha value is -0.810. The summed E-state index contributed by atoms with van der Waals surface area (Å²) in [6, 6.07) is 11.6. The molecule has 0 aliphatic carbocycles. The number of benzene rings is 1. The van der Waals surface area contributed by atoms with Crippen LogP contribution in [-0.4, -0.2) is 10.1 Å². The first-order valence-corrected chi connectivity index (χ1v) is 6.20. The van der Waals surface area contributed by atoms with E-state index >= 15 is 0 Å². The Morgan fingerprint density at radius 1 is 1.25 bits per heavy atom. The van der Waals surface area contributed by atoms with Gasteiger partial charge in [-0.15, -0.1) is 0 Å². The SMILES string of the molecule is Oc1cc(Cc2ccccc2)c(Cl)nc1I. The number of hydrogen-bond donors (Lipinski definition) is 1. The molecule has 1 N–H and O–H groups in total. The highest BCUT2D eigenvalue weighted by atomic mass is 127. The number of rotatable bonds is 2. The predicted molar refractivity (Wildman–Crippen MR) is 72.9 cm³/mol. The number of halogens is 2. The van der Waals surface area contributed by atoms with E-state index in [1.54, 1.807) is 6.07 Å². The van der Waals surface area contributed by atoms with Gasteiger partial charge in [0, 0.05) is 6.42 Å².